The molecule has 1 saturated heterocycles. The average molecular weight is 260 g/mol. The molecule has 1 fully saturated rings. The number of amides is 2. The second kappa shape index (κ2) is 6.86. The van der Waals surface area contributed by atoms with Crippen LogP contribution in [0, 0.1) is 0 Å². The summed E-state index contributed by atoms with van der Waals surface area (Å²) in [5, 5.41) is 2.61. The third kappa shape index (κ3) is 4.20. The topological polar surface area (TPSA) is 58.6 Å². The molecule has 5 nitrogen and oxygen atoms in total. The second-order valence-corrected chi connectivity index (χ2v) is 4.59. The average Bonchev–Trinajstić information content (AvgIpc) is 2.35. The van der Waals surface area contributed by atoms with E-state index in [1.165, 1.54) is 6.92 Å². The van der Waals surface area contributed by atoms with E-state index in [0.717, 1.165) is 19.4 Å². The highest BCUT2D eigenvalue weighted by Gasteiger charge is 2.28. The Morgan fingerprint density at radius 2 is 2.29 bits per heavy atom. The second-order valence-electron chi connectivity index (χ2n) is 4.22. The number of thiol groups is 1. The maximum absolute atomic E-state index is 12.1. The van der Waals surface area contributed by atoms with Gasteiger partial charge in [-0.1, -0.05) is 0 Å². The molecule has 98 valence electrons. The molecule has 6 heteroatoms. The Labute approximate surface area is 107 Å². The van der Waals surface area contributed by atoms with Gasteiger partial charge in [0.1, 0.15) is 6.04 Å². The van der Waals surface area contributed by atoms with Gasteiger partial charge in [0.2, 0.25) is 11.8 Å². The molecule has 2 amide bonds. The summed E-state index contributed by atoms with van der Waals surface area (Å²) in [6, 6.07) is -0.536. The molecular weight excluding hydrogens is 240 g/mol. The van der Waals surface area contributed by atoms with Crippen molar-refractivity contribution in [2.75, 3.05) is 26.0 Å². The number of carbonyl (C=O) groups is 2. The molecule has 0 aromatic carbocycles. The molecule has 1 rings (SSSR count). The van der Waals surface area contributed by atoms with Gasteiger partial charge in [-0.15, -0.1) is 0 Å². The quantitative estimate of drug-likeness (QED) is 0.703. The van der Waals surface area contributed by atoms with Crippen molar-refractivity contribution < 1.29 is 14.3 Å². The summed E-state index contributed by atoms with van der Waals surface area (Å²) in [6.45, 7) is 2.72. The molecule has 1 N–H and O–H groups in total. The van der Waals surface area contributed by atoms with Crippen molar-refractivity contribution in [1.29, 1.82) is 0 Å². The van der Waals surface area contributed by atoms with Gasteiger partial charge in [0, 0.05) is 32.9 Å². The standard InChI is InChI=1S/C11H20N2O3S/c1-8(14)12-10(7-17)11(15)13-5-3-4-9(6-13)16-2/h9-10,17H,3-7H2,1-2H3,(H,12,14). The van der Waals surface area contributed by atoms with E-state index in [9.17, 15) is 9.59 Å². The summed E-state index contributed by atoms with van der Waals surface area (Å²) in [7, 11) is 1.66. The van der Waals surface area contributed by atoms with E-state index in [1.54, 1.807) is 12.0 Å². The Hall–Kier alpha value is -0.750. The Kier molecular flexibility index (Phi) is 5.77. The number of piperidine rings is 1. The van der Waals surface area contributed by atoms with Crippen LogP contribution in [-0.4, -0.2) is 54.8 Å². The van der Waals surface area contributed by atoms with E-state index in [4.69, 9.17) is 4.74 Å². The van der Waals surface area contributed by atoms with Crippen LogP contribution >= 0.6 is 12.6 Å². The summed E-state index contributed by atoms with van der Waals surface area (Å²) < 4.78 is 5.27. The Balaban J connectivity index is 2.57. The van der Waals surface area contributed by atoms with Crippen LogP contribution in [0.2, 0.25) is 0 Å². The zero-order valence-electron chi connectivity index (χ0n) is 10.3. The molecule has 0 aromatic heterocycles. The molecule has 0 aromatic rings. The highest BCUT2D eigenvalue weighted by molar-refractivity contribution is 7.80. The van der Waals surface area contributed by atoms with Gasteiger partial charge in [-0.2, -0.15) is 12.6 Å². The SMILES string of the molecule is COC1CCCN(C(=O)C(CS)NC(C)=O)C1. The first-order valence-electron chi connectivity index (χ1n) is 5.78. The first-order chi connectivity index (χ1) is 8.08. The maximum Gasteiger partial charge on any atom is 0.246 e. The van der Waals surface area contributed by atoms with E-state index in [-0.39, 0.29) is 17.9 Å². The summed E-state index contributed by atoms with van der Waals surface area (Å²) in [4.78, 5) is 24.9. The normalized spacial score (nSPS) is 22.1. The zero-order chi connectivity index (χ0) is 12.8. The molecule has 17 heavy (non-hydrogen) atoms. The predicted octanol–water partition coefficient (Wildman–Crippen LogP) is 0.0583. The lowest BCUT2D eigenvalue weighted by atomic mass is 10.1. The lowest BCUT2D eigenvalue weighted by Crippen LogP contribution is -2.52. The third-order valence-electron chi connectivity index (χ3n) is 2.88. The van der Waals surface area contributed by atoms with Crippen molar-refractivity contribution in [3.8, 4) is 0 Å². The fourth-order valence-electron chi connectivity index (χ4n) is 1.98. The summed E-state index contributed by atoms with van der Waals surface area (Å²) in [5.41, 5.74) is 0. The van der Waals surface area contributed by atoms with Crippen LogP contribution in [-0.2, 0) is 14.3 Å². The number of hydrogen-bond donors (Lipinski definition) is 2. The molecular formula is C11H20N2O3S. The Bertz CT molecular complexity index is 286. The van der Waals surface area contributed by atoms with Crippen molar-refractivity contribution in [3.63, 3.8) is 0 Å². The molecule has 0 aliphatic carbocycles. The number of nitrogens with one attached hydrogen (secondary N) is 1. The minimum atomic E-state index is -0.536. The van der Waals surface area contributed by atoms with Crippen LogP contribution in [0.4, 0.5) is 0 Å². The number of likely N-dealkylation sites (tertiary alicyclic amines) is 1. The fourth-order valence-corrected chi connectivity index (χ4v) is 2.23. The van der Waals surface area contributed by atoms with Gasteiger partial charge in [0.25, 0.3) is 0 Å². The van der Waals surface area contributed by atoms with Crippen molar-refractivity contribution in [3.05, 3.63) is 0 Å². The van der Waals surface area contributed by atoms with Crippen LogP contribution < -0.4 is 5.32 Å². The first kappa shape index (κ1) is 14.3. The Morgan fingerprint density at radius 3 is 2.82 bits per heavy atom. The lowest BCUT2D eigenvalue weighted by molar-refractivity contribution is -0.138. The van der Waals surface area contributed by atoms with E-state index < -0.39 is 6.04 Å². The molecule has 0 spiro atoms. The molecule has 1 aliphatic rings. The van der Waals surface area contributed by atoms with Gasteiger partial charge in [-0.3, -0.25) is 9.59 Å². The van der Waals surface area contributed by atoms with Crippen molar-refractivity contribution in [2.45, 2.75) is 31.9 Å². The van der Waals surface area contributed by atoms with E-state index in [1.807, 2.05) is 0 Å². The van der Waals surface area contributed by atoms with Crippen molar-refractivity contribution >= 4 is 24.4 Å². The molecule has 2 unspecified atom stereocenters. The highest BCUT2D eigenvalue weighted by Crippen LogP contribution is 2.13. The fraction of sp³-hybridized carbons (Fsp3) is 0.818. The van der Waals surface area contributed by atoms with Gasteiger partial charge >= 0.3 is 0 Å². The van der Waals surface area contributed by atoms with Crippen molar-refractivity contribution in [2.24, 2.45) is 0 Å². The molecule has 0 saturated carbocycles. The van der Waals surface area contributed by atoms with Gasteiger partial charge < -0.3 is 15.0 Å². The van der Waals surface area contributed by atoms with E-state index in [2.05, 4.69) is 17.9 Å². The molecule has 0 bridgehead atoms. The van der Waals surface area contributed by atoms with Crippen LogP contribution in [0.1, 0.15) is 19.8 Å². The molecule has 0 radical (unpaired) electrons. The smallest absolute Gasteiger partial charge is 0.246 e. The van der Waals surface area contributed by atoms with Crippen molar-refractivity contribution in [1.82, 2.24) is 10.2 Å². The summed E-state index contributed by atoms with van der Waals surface area (Å²) in [5.74, 6) is 0.0293. The van der Waals surface area contributed by atoms with Crippen LogP contribution in [0.3, 0.4) is 0 Å². The van der Waals surface area contributed by atoms with Gasteiger partial charge in [0.05, 0.1) is 6.10 Å². The number of methoxy groups -OCH3 is 1. The Morgan fingerprint density at radius 1 is 1.59 bits per heavy atom. The van der Waals surface area contributed by atoms with E-state index in [0.29, 0.717) is 12.3 Å². The highest BCUT2D eigenvalue weighted by atomic mass is 32.1. The molecule has 1 heterocycles. The monoisotopic (exact) mass is 260 g/mol. The molecule has 1 aliphatic heterocycles. The van der Waals surface area contributed by atoms with Gasteiger partial charge in [-0.05, 0) is 12.8 Å². The zero-order valence-corrected chi connectivity index (χ0v) is 11.2. The summed E-state index contributed by atoms with van der Waals surface area (Å²) in [6.07, 6.45) is 2.01. The number of ether oxygens (including phenoxy) is 1. The number of rotatable bonds is 4. The van der Waals surface area contributed by atoms with Crippen LogP contribution in [0.25, 0.3) is 0 Å². The summed E-state index contributed by atoms with van der Waals surface area (Å²) >= 11 is 4.10. The number of nitrogens with zero attached hydrogens (tertiary/aromatic N) is 1. The minimum absolute atomic E-state index is 0.0723. The first-order valence-corrected chi connectivity index (χ1v) is 6.41. The third-order valence-corrected chi connectivity index (χ3v) is 3.25. The predicted molar refractivity (Wildman–Crippen MR) is 68.1 cm³/mol. The maximum atomic E-state index is 12.1. The lowest BCUT2D eigenvalue weighted by Gasteiger charge is -2.34. The van der Waals surface area contributed by atoms with Crippen LogP contribution in [0.15, 0.2) is 0 Å². The number of hydrogen-bond acceptors (Lipinski definition) is 4. The van der Waals surface area contributed by atoms with Gasteiger partial charge in [-0.25, -0.2) is 0 Å². The van der Waals surface area contributed by atoms with Crippen LogP contribution in [0.5, 0.6) is 0 Å². The largest absolute Gasteiger partial charge is 0.380 e. The van der Waals surface area contributed by atoms with E-state index >= 15 is 0 Å². The molecule has 2 atom stereocenters. The minimum Gasteiger partial charge on any atom is -0.380 e. The van der Waals surface area contributed by atoms with Gasteiger partial charge in [0.15, 0.2) is 0 Å². The number of carbonyl (C=O) groups excluding carboxylic acids is 2.